The number of fused-ring (bicyclic) bond motifs is 1. The van der Waals surface area contributed by atoms with E-state index >= 15 is 0 Å². The molecule has 35 heavy (non-hydrogen) atoms. The third-order valence-corrected chi connectivity index (χ3v) is 6.67. The van der Waals surface area contributed by atoms with E-state index in [9.17, 15) is 9.18 Å². The van der Waals surface area contributed by atoms with E-state index in [1.165, 1.54) is 12.3 Å². The number of ether oxygens (including phenoxy) is 3. The highest BCUT2D eigenvalue weighted by Crippen LogP contribution is 2.34. The quantitative estimate of drug-likeness (QED) is 0.544. The van der Waals surface area contributed by atoms with Gasteiger partial charge in [-0.3, -0.25) is 19.7 Å². The molecule has 0 aliphatic carbocycles. The lowest BCUT2D eigenvalue weighted by atomic mass is 10.00. The van der Waals surface area contributed by atoms with Crippen LogP contribution in [-0.4, -0.2) is 71.5 Å². The maximum atomic E-state index is 14.7. The van der Waals surface area contributed by atoms with Crippen LogP contribution < -0.4 is 20.3 Å². The van der Waals surface area contributed by atoms with Gasteiger partial charge in [-0.15, -0.1) is 12.4 Å². The van der Waals surface area contributed by atoms with Gasteiger partial charge in [-0.1, -0.05) is 0 Å². The van der Waals surface area contributed by atoms with Gasteiger partial charge in [-0.05, 0) is 6.07 Å². The lowest BCUT2D eigenvalue weighted by Gasteiger charge is -2.34. The molecule has 0 radical (unpaired) electrons. The normalized spacial score (nSPS) is 21.2. The Morgan fingerprint density at radius 3 is 2.83 bits per heavy atom. The maximum absolute atomic E-state index is 14.7. The Bertz CT molecular complexity index is 1290. The first-order valence-electron chi connectivity index (χ1n) is 11.6. The standard InChI is InChI=1S/C24H26FN5O4.ClH/c25-18-10-28-19-1-2-22(31)30-13-15(23(18)24(19)30)12-29-3-4-32-17(14-29)9-26-8-16-7-20-21(11-27-16)34-6-5-33-20;/h1-2,7,10-11,15,17,26H,3-6,8-9,12-14H2;1H/t15?,17-;/m0./s1. The second kappa shape index (κ2) is 10.1. The highest BCUT2D eigenvalue weighted by atomic mass is 35.5. The highest BCUT2D eigenvalue weighted by molar-refractivity contribution is 5.85. The third kappa shape index (κ3) is 4.71. The molecule has 1 N–H and O–H groups in total. The zero-order valence-electron chi connectivity index (χ0n) is 19.1. The second-order valence-electron chi connectivity index (χ2n) is 8.94. The molecular weight excluding hydrogens is 477 g/mol. The van der Waals surface area contributed by atoms with Gasteiger partial charge in [0.25, 0.3) is 5.56 Å². The van der Waals surface area contributed by atoms with Crippen molar-refractivity contribution in [1.29, 1.82) is 0 Å². The summed E-state index contributed by atoms with van der Waals surface area (Å²) in [6.45, 7) is 5.63. The van der Waals surface area contributed by atoms with Crippen molar-refractivity contribution in [1.82, 2.24) is 24.8 Å². The zero-order chi connectivity index (χ0) is 23.1. The molecule has 0 amide bonds. The van der Waals surface area contributed by atoms with Gasteiger partial charge in [0, 0.05) is 62.9 Å². The Labute approximate surface area is 207 Å². The summed E-state index contributed by atoms with van der Waals surface area (Å²) in [5, 5.41) is 3.41. The molecule has 1 fully saturated rings. The SMILES string of the molecule is Cl.O=c1ccc2ncc(F)c3c2n1CC3CN1CCO[C@@H](CNCc2cc3c(cn2)OCCO3)C1. The molecule has 0 aromatic carbocycles. The molecule has 186 valence electrons. The first-order chi connectivity index (χ1) is 16.7. The molecule has 3 aliphatic rings. The van der Waals surface area contributed by atoms with Crippen molar-refractivity contribution in [3.8, 4) is 11.5 Å². The molecule has 9 nitrogen and oxygen atoms in total. The van der Waals surface area contributed by atoms with Crippen LogP contribution in [0.3, 0.4) is 0 Å². The summed E-state index contributed by atoms with van der Waals surface area (Å²) in [6, 6.07) is 5.08. The van der Waals surface area contributed by atoms with Gasteiger partial charge in [-0.2, -0.15) is 0 Å². The van der Waals surface area contributed by atoms with Crippen molar-refractivity contribution in [3.05, 3.63) is 58.0 Å². The van der Waals surface area contributed by atoms with E-state index in [1.54, 1.807) is 16.8 Å². The molecule has 3 aromatic heterocycles. The lowest BCUT2D eigenvalue weighted by Crippen LogP contribution is -2.47. The minimum absolute atomic E-state index is 0. The number of hydrogen-bond donors (Lipinski definition) is 1. The molecule has 0 spiro atoms. The Kier molecular flexibility index (Phi) is 6.88. The summed E-state index contributed by atoms with van der Waals surface area (Å²) in [5.74, 6) is 0.981. The van der Waals surface area contributed by atoms with Gasteiger partial charge >= 0.3 is 0 Å². The Morgan fingerprint density at radius 2 is 1.94 bits per heavy atom. The van der Waals surface area contributed by atoms with E-state index in [-0.39, 0.29) is 35.8 Å². The molecule has 0 bridgehead atoms. The van der Waals surface area contributed by atoms with Crippen LogP contribution >= 0.6 is 12.4 Å². The number of halogens is 2. The van der Waals surface area contributed by atoms with Crippen LogP contribution in [0.25, 0.3) is 11.0 Å². The summed E-state index contributed by atoms with van der Waals surface area (Å²) in [6.07, 6.45) is 2.98. The number of morpholine rings is 1. The van der Waals surface area contributed by atoms with Crippen molar-refractivity contribution in [2.45, 2.75) is 25.1 Å². The number of nitrogens with zero attached hydrogens (tertiary/aromatic N) is 4. The minimum atomic E-state index is -0.340. The number of hydrogen-bond acceptors (Lipinski definition) is 8. The topological polar surface area (TPSA) is 90.7 Å². The summed E-state index contributed by atoms with van der Waals surface area (Å²) < 4.78 is 33.5. The van der Waals surface area contributed by atoms with Gasteiger partial charge in [0.15, 0.2) is 11.5 Å². The second-order valence-corrected chi connectivity index (χ2v) is 8.94. The Hall–Kier alpha value is -2.79. The average Bonchev–Trinajstić information content (AvgIpc) is 3.24. The van der Waals surface area contributed by atoms with E-state index in [4.69, 9.17) is 14.2 Å². The number of aromatic nitrogens is 3. The van der Waals surface area contributed by atoms with Crippen molar-refractivity contribution in [3.63, 3.8) is 0 Å². The fraction of sp³-hybridized carbons (Fsp3) is 0.458. The molecule has 3 aliphatic heterocycles. The van der Waals surface area contributed by atoms with Crippen molar-refractivity contribution in [2.75, 3.05) is 46.0 Å². The van der Waals surface area contributed by atoms with Crippen LogP contribution in [-0.2, 0) is 17.8 Å². The van der Waals surface area contributed by atoms with Crippen molar-refractivity contribution in [2.24, 2.45) is 0 Å². The third-order valence-electron chi connectivity index (χ3n) is 6.67. The molecule has 11 heteroatoms. The van der Waals surface area contributed by atoms with E-state index in [0.717, 1.165) is 24.5 Å². The van der Waals surface area contributed by atoms with Crippen molar-refractivity contribution < 1.29 is 18.6 Å². The fourth-order valence-corrected chi connectivity index (χ4v) is 5.12. The van der Waals surface area contributed by atoms with E-state index in [1.807, 2.05) is 6.07 Å². The van der Waals surface area contributed by atoms with Crippen molar-refractivity contribution >= 4 is 23.4 Å². The van der Waals surface area contributed by atoms with Gasteiger partial charge in [0.2, 0.25) is 0 Å². The average molecular weight is 504 g/mol. The van der Waals surface area contributed by atoms with Crippen LogP contribution in [0.15, 0.2) is 35.4 Å². The highest BCUT2D eigenvalue weighted by Gasteiger charge is 2.32. The predicted octanol–water partition coefficient (Wildman–Crippen LogP) is 1.71. The molecule has 3 aromatic rings. The summed E-state index contributed by atoms with van der Waals surface area (Å²) in [4.78, 5) is 23.2. The molecule has 0 saturated carbocycles. The smallest absolute Gasteiger partial charge is 0.251 e. The monoisotopic (exact) mass is 503 g/mol. The van der Waals surface area contributed by atoms with Crippen LogP contribution in [0.2, 0.25) is 0 Å². The molecule has 2 atom stereocenters. The van der Waals surface area contributed by atoms with Gasteiger partial charge in [-0.25, -0.2) is 4.39 Å². The summed E-state index contributed by atoms with van der Waals surface area (Å²) >= 11 is 0. The molecule has 6 heterocycles. The molecule has 1 unspecified atom stereocenters. The predicted molar refractivity (Wildman–Crippen MR) is 129 cm³/mol. The number of rotatable bonds is 6. The molecule has 6 rings (SSSR count). The molecule has 1 saturated heterocycles. The largest absolute Gasteiger partial charge is 0.486 e. The van der Waals surface area contributed by atoms with Crippen LogP contribution in [0.4, 0.5) is 4.39 Å². The van der Waals surface area contributed by atoms with Gasteiger partial charge in [0.05, 0.1) is 41.8 Å². The lowest BCUT2D eigenvalue weighted by molar-refractivity contribution is -0.0292. The Morgan fingerprint density at radius 1 is 1.09 bits per heavy atom. The zero-order valence-corrected chi connectivity index (χ0v) is 19.9. The first kappa shape index (κ1) is 23.9. The fourth-order valence-electron chi connectivity index (χ4n) is 5.12. The van der Waals surface area contributed by atoms with Crippen LogP contribution in [0, 0.1) is 5.82 Å². The minimum Gasteiger partial charge on any atom is -0.486 e. The number of pyridine rings is 3. The summed E-state index contributed by atoms with van der Waals surface area (Å²) in [5.41, 5.74) is 2.67. The molecular formula is C24H27ClFN5O4. The van der Waals surface area contributed by atoms with E-state index < -0.39 is 0 Å². The summed E-state index contributed by atoms with van der Waals surface area (Å²) in [7, 11) is 0. The Balaban J connectivity index is 0.00000253. The van der Waals surface area contributed by atoms with Crippen LogP contribution in [0.5, 0.6) is 11.5 Å². The van der Waals surface area contributed by atoms with Crippen LogP contribution in [0.1, 0.15) is 17.2 Å². The van der Waals surface area contributed by atoms with E-state index in [2.05, 4.69) is 20.2 Å². The number of nitrogens with one attached hydrogen (secondary N) is 1. The van der Waals surface area contributed by atoms with Gasteiger partial charge in [0.1, 0.15) is 19.0 Å². The van der Waals surface area contributed by atoms with Gasteiger partial charge < -0.3 is 24.1 Å². The first-order valence-corrected chi connectivity index (χ1v) is 11.6. The van der Waals surface area contributed by atoms with E-state index in [0.29, 0.717) is 68.3 Å². The maximum Gasteiger partial charge on any atom is 0.251 e.